The zero-order chi connectivity index (χ0) is 10.8. The molecule has 0 saturated heterocycles. The van der Waals surface area contributed by atoms with Gasteiger partial charge in [0.15, 0.2) is 11.5 Å². The number of para-hydroxylation sites is 1. The summed E-state index contributed by atoms with van der Waals surface area (Å²) in [5, 5.41) is 19.1. The van der Waals surface area contributed by atoms with Gasteiger partial charge in [0, 0.05) is 5.56 Å². The second-order valence-electron chi connectivity index (χ2n) is 2.95. The van der Waals surface area contributed by atoms with Gasteiger partial charge in [-0.25, -0.2) is 0 Å². The molecule has 0 aliphatic rings. The van der Waals surface area contributed by atoms with Crippen LogP contribution in [0.4, 0.5) is 0 Å². The highest BCUT2D eigenvalue weighted by Gasteiger charge is 2.06. The van der Waals surface area contributed by atoms with E-state index in [1.54, 1.807) is 6.07 Å². The van der Waals surface area contributed by atoms with E-state index in [1.165, 1.54) is 6.07 Å². The molecule has 0 aliphatic heterocycles. The van der Waals surface area contributed by atoms with Gasteiger partial charge in [-0.2, -0.15) is 0 Å². The molecule has 2 aromatic carbocycles. The number of phenolic OH excluding ortho intramolecular Hbond substituents is 2. The van der Waals surface area contributed by atoms with E-state index in [-0.39, 0.29) is 17.5 Å². The first-order valence-electron chi connectivity index (χ1n) is 4.77. The van der Waals surface area contributed by atoms with Crippen LogP contribution in [0.2, 0.25) is 0 Å². The van der Waals surface area contributed by atoms with Crippen LogP contribution in [0.5, 0.6) is 11.5 Å². The fourth-order valence-corrected chi connectivity index (χ4v) is 1.33. The first-order valence-corrected chi connectivity index (χ1v) is 4.27. The molecule has 0 aliphatic carbocycles. The van der Waals surface area contributed by atoms with Gasteiger partial charge in [0.1, 0.15) is 0 Å². The molecular weight excluding hydrogens is 176 g/mol. The molecule has 2 N–H and O–H groups in total. The number of benzene rings is 2. The van der Waals surface area contributed by atoms with Crippen molar-refractivity contribution in [2.45, 2.75) is 0 Å². The van der Waals surface area contributed by atoms with Gasteiger partial charge in [-0.05, 0) is 11.6 Å². The van der Waals surface area contributed by atoms with Crippen LogP contribution in [0.3, 0.4) is 0 Å². The van der Waals surface area contributed by atoms with Crippen molar-refractivity contribution in [3.63, 3.8) is 0 Å². The van der Waals surface area contributed by atoms with Crippen LogP contribution in [-0.4, -0.2) is 10.2 Å². The lowest BCUT2D eigenvalue weighted by Crippen LogP contribution is -1.78. The number of hydrogen-bond acceptors (Lipinski definition) is 2. The zero-order valence-corrected chi connectivity index (χ0v) is 7.44. The van der Waals surface area contributed by atoms with Crippen molar-refractivity contribution in [1.29, 1.82) is 0 Å². The van der Waals surface area contributed by atoms with Crippen LogP contribution < -0.4 is 0 Å². The van der Waals surface area contributed by atoms with E-state index < -0.39 is 0 Å². The zero-order valence-electron chi connectivity index (χ0n) is 8.44. The summed E-state index contributed by atoms with van der Waals surface area (Å²) in [5.74, 6) is -0.620. The lowest BCUT2D eigenvalue weighted by molar-refractivity contribution is 0.405. The van der Waals surface area contributed by atoms with Gasteiger partial charge in [0.05, 0.1) is 1.37 Å². The second kappa shape index (κ2) is 3.42. The van der Waals surface area contributed by atoms with Crippen molar-refractivity contribution in [3.05, 3.63) is 48.5 Å². The SMILES string of the molecule is [2H]c1ccc(-c2ccccc2)c(O)c1O. The molecule has 14 heavy (non-hydrogen) atoms. The third-order valence-electron chi connectivity index (χ3n) is 2.03. The van der Waals surface area contributed by atoms with Gasteiger partial charge in [-0.1, -0.05) is 42.5 Å². The summed E-state index contributed by atoms with van der Waals surface area (Å²) in [6.45, 7) is 0. The summed E-state index contributed by atoms with van der Waals surface area (Å²) in [6, 6.07) is 12.2. The molecule has 0 fully saturated rings. The Balaban J connectivity index is 2.60. The predicted octanol–water partition coefficient (Wildman–Crippen LogP) is 2.76. The lowest BCUT2D eigenvalue weighted by Gasteiger charge is -2.05. The highest BCUT2D eigenvalue weighted by atomic mass is 16.3. The lowest BCUT2D eigenvalue weighted by atomic mass is 10.0. The maximum atomic E-state index is 9.66. The van der Waals surface area contributed by atoms with E-state index >= 15 is 0 Å². The fraction of sp³-hybridized carbons (Fsp3) is 0. The maximum Gasteiger partial charge on any atom is 0.165 e. The van der Waals surface area contributed by atoms with Crippen molar-refractivity contribution in [3.8, 4) is 22.6 Å². The van der Waals surface area contributed by atoms with Gasteiger partial charge < -0.3 is 10.2 Å². The molecule has 2 heteroatoms. The Labute approximate surface area is 83.5 Å². The highest BCUT2D eigenvalue weighted by molar-refractivity contribution is 5.72. The van der Waals surface area contributed by atoms with Crippen LogP contribution in [0, 0.1) is 0 Å². The Hall–Kier alpha value is -1.96. The molecule has 0 radical (unpaired) electrons. The quantitative estimate of drug-likeness (QED) is 0.674. The van der Waals surface area contributed by atoms with E-state index in [4.69, 9.17) is 1.37 Å². The molecule has 2 aromatic rings. The second-order valence-corrected chi connectivity index (χ2v) is 2.95. The number of phenols is 2. The molecule has 0 amide bonds. The Kier molecular flexibility index (Phi) is 1.82. The highest BCUT2D eigenvalue weighted by Crippen LogP contribution is 2.35. The Morgan fingerprint density at radius 1 is 0.929 bits per heavy atom. The van der Waals surface area contributed by atoms with Crippen molar-refractivity contribution in [2.24, 2.45) is 0 Å². The molecule has 0 saturated carbocycles. The molecule has 2 rings (SSSR count). The molecule has 0 spiro atoms. The Morgan fingerprint density at radius 2 is 1.64 bits per heavy atom. The van der Waals surface area contributed by atoms with Gasteiger partial charge in [-0.15, -0.1) is 0 Å². The number of hydrogen-bond donors (Lipinski definition) is 2. The van der Waals surface area contributed by atoms with E-state index in [9.17, 15) is 10.2 Å². The fourth-order valence-electron chi connectivity index (χ4n) is 1.33. The normalized spacial score (nSPS) is 11.0. The summed E-state index contributed by atoms with van der Waals surface area (Å²) in [4.78, 5) is 0. The average molecular weight is 187 g/mol. The van der Waals surface area contributed by atoms with Crippen LogP contribution in [0.1, 0.15) is 1.37 Å². The standard InChI is InChI=1S/C12H10O2/c13-11-8-4-7-10(12(11)14)9-5-2-1-3-6-9/h1-8,13-14H/i8D. The number of rotatable bonds is 1. The van der Waals surface area contributed by atoms with Gasteiger partial charge in [0.25, 0.3) is 0 Å². The molecule has 2 nitrogen and oxygen atoms in total. The van der Waals surface area contributed by atoms with Crippen LogP contribution in [0.25, 0.3) is 11.1 Å². The summed E-state index contributed by atoms with van der Waals surface area (Å²) in [7, 11) is 0. The first kappa shape index (κ1) is 7.44. The third-order valence-corrected chi connectivity index (χ3v) is 2.03. The molecule has 70 valence electrons. The van der Waals surface area contributed by atoms with Crippen LogP contribution in [-0.2, 0) is 0 Å². The molecule has 0 heterocycles. The van der Waals surface area contributed by atoms with Gasteiger partial charge in [-0.3, -0.25) is 0 Å². The van der Waals surface area contributed by atoms with E-state index in [2.05, 4.69) is 0 Å². The molecule has 0 aromatic heterocycles. The van der Waals surface area contributed by atoms with E-state index in [0.717, 1.165) is 5.56 Å². The smallest absolute Gasteiger partial charge is 0.165 e. The maximum absolute atomic E-state index is 9.66. The van der Waals surface area contributed by atoms with Crippen molar-refractivity contribution < 1.29 is 11.6 Å². The van der Waals surface area contributed by atoms with Crippen LogP contribution >= 0.6 is 0 Å². The topological polar surface area (TPSA) is 40.5 Å². The van der Waals surface area contributed by atoms with Crippen LogP contribution in [0.15, 0.2) is 48.5 Å². The Bertz CT molecular complexity index is 480. The molecule has 0 bridgehead atoms. The summed E-state index contributed by atoms with van der Waals surface area (Å²) in [5.41, 5.74) is 1.34. The minimum absolute atomic E-state index is 0.0767. The van der Waals surface area contributed by atoms with E-state index in [1.807, 2.05) is 30.3 Å². The average Bonchev–Trinajstić information content (AvgIpc) is 2.27. The van der Waals surface area contributed by atoms with Crippen molar-refractivity contribution in [2.75, 3.05) is 0 Å². The summed E-state index contributed by atoms with van der Waals surface area (Å²) >= 11 is 0. The predicted molar refractivity (Wildman–Crippen MR) is 55.2 cm³/mol. The minimum Gasteiger partial charge on any atom is -0.504 e. The third kappa shape index (κ3) is 1.42. The summed E-state index contributed by atoms with van der Waals surface area (Å²) < 4.78 is 7.31. The minimum atomic E-state index is -0.378. The summed E-state index contributed by atoms with van der Waals surface area (Å²) in [6.07, 6.45) is 0. The molecule has 0 unspecified atom stereocenters. The van der Waals surface area contributed by atoms with E-state index in [0.29, 0.717) is 5.56 Å². The van der Waals surface area contributed by atoms with Gasteiger partial charge in [0.2, 0.25) is 0 Å². The van der Waals surface area contributed by atoms with Crippen molar-refractivity contribution >= 4 is 0 Å². The van der Waals surface area contributed by atoms with Gasteiger partial charge >= 0.3 is 0 Å². The molecule has 0 atom stereocenters. The Morgan fingerprint density at radius 3 is 2.36 bits per heavy atom. The largest absolute Gasteiger partial charge is 0.504 e. The molecular formula is C12H10O2. The monoisotopic (exact) mass is 187 g/mol. The number of aromatic hydroxyl groups is 2. The first-order chi connectivity index (χ1) is 7.20. The van der Waals surface area contributed by atoms with Crippen molar-refractivity contribution in [1.82, 2.24) is 0 Å².